The third kappa shape index (κ3) is 3.23. The first-order valence-electron chi connectivity index (χ1n) is 8.24. The van der Waals surface area contributed by atoms with E-state index < -0.39 is 0 Å². The van der Waals surface area contributed by atoms with Gasteiger partial charge in [0, 0.05) is 30.5 Å². The lowest BCUT2D eigenvalue weighted by atomic mass is 9.95. The summed E-state index contributed by atoms with van der Waals surface area (Å²) >= 11 is 0. The number of imidazole rings is 1. The number of aromatic nitrogens is 2. The van der Waals surface area contributed by atoms with Crippen LogP contribution in [0, 0.1) is 6.92 Å². The number of aryl methyl sites for hydroxylation is 1. The Balaban J connectivity index is 1.77. The maximum Gasteiger partial charge on any atom is 0.329 e. The van der Waals surface area contributed by atoms with Crippen molar-refractivity contribution in [2.75, 3.05) is 12.8 Å². The summed E-state index contributed by atoms with van der Waals surface area (Å²) in [5, 5.41) is 0. The minimum absolute atomic E-state index is 0.0178. The molecule has 122 valence electrons. The zero-order valence-corrected chi connectivity index (χ0v) is 13.8. The van der Waals surface area contributed by atoms with Crippen molar-refractivity contribution in [3.8, 4) is 11.3 Å². The Morgan fingerprint density at radius 3 is 2.74 bits per heavy atom. The summed E-state index contributed by atoms with van der Waals surface area (Å²) < 4.78 is 1.57. The highest BCUT2D eigenvalue weighted by Gasteiger charge is 2.23. The predicted octanol–water partition coefficient (Wildman–Crippen LogP) is 3.67. The third-order valence-electron chi connectivity index (χ3n) is 4.80. The molecule has 0 spiro atoms. The molecule has 0 unspecified atom stereocenters. The minimum Gasteiger partial charge on any atom is -0.398 e. The van der Waals surface area contributed by atoms with Crippen LogP contribution in [0.3, 0.4) is 0 Å². The van der Waals surface area contributed by atoms with Gasteiger partial charge in [-0.15, -0.1) is 0 Å². The van der Waals surface area contributed by atoms with Gasteiger partial charge in [0.25, 0.3) is 0 Å². The predicted molar refractivity (Wildman–Crippen MR) is 92.2 cm³/mol. The maximum atomic E-state index is 12.6. The Kier molecular flexibility index (Phi) is 4.37. The fourth-order valence-corrected chi connectivity index (χ4v) is 3.18. The van der Waals surface area contributed by atoms with Gasteiger partial charge >= 0.3 is 6.03 Å². The molecule has 1 aromatic carbocycles. The van der Waals surface area contributed by atoms with E-state index in [0.29, 0.717) is 6.04 Å². The van der Waals surface area contributed by atoms with Gasteiger partial charge in [0.05, 0.1) is 5.69 Å². The minimum atomic E-state index is -0.0178. The average Bonchev–Trinajstić information content (AvgIpc) is 3.07. The van der Waals surface area contributed by atoms with Gasteiger partial charge < -0.3 is 10.6 Å². The topological polar surface area (TPSA) is 64.2 Å². The molecule has 3 rings (SSSR count). The Labute approximate surface area is 137 Å². The Hall–Kier alpha value is -2.30. The fourth-order valence-electron chi connectivity index (χ4n) is 3.18. The molecule has 1 amide bonds. The van der Waals surface area contributed by atoms with Crippen LogP contribution in [0.15, 0.2) is 30.7 Å². The normalized spacial score (nSPS) is 15.6. The Morgan fingerprint density at radius 1 is 1.30 bits per heavy atom. The summed E-state index contributed by atoms with van der Waals surface area (Å²) in [5.41, 5.74) is 9.44. The zero-order chi connectivity index (χ0) is 16.4. The van der Waals surface area contributed by atoms with Crippen molar-refractivity contribution in [2.45, 2.75) is 45.1 Å². The van der Waals surface area contributed by atoms with Crippen molar-refractivity contribution in [1.82, 2.24) is 14.5 Å². The molecule has 0 atom stereocenters. The van der Waals surface area contributed by atoms with Gasteiger partial charge in [-0.25, -0.2) is 9.78 Å². The number of hydrogen-bond donors (Lipinski definition) is 1. The number of nitrogens with zero attached hydrogens (tertiary/aromatic N) is 3. The van der Waals surface area contributed by atoms with E-state index in [1.807, 2.05) is 37.1 Å². The first-order valence-corrected chi connectivity index (χ1v) is 8.24. The number of rotatable bonds is 2. The molecule has 23 heavy (non-hydrogen) atoms. The van der Waals surface area contributed by atoms with Crippen LogP contribution < -0.4 is 5.73 Å². The molecule has 1 aromatic heterocycles. The standard InChI is InChI=1S/C18H24N4O/c1-13-8-9-14(10-16(13)19)17-11-22(12-20-17)18(23)21(2)15-6-4-3-5-7-15/h8-12,15H,3-7,19H2,1-2H3. The number of carbonyl (C=O) groups is 1. The van der Waals surface area contributed by atoms with Crippen molar-refractivity contribution in [3.63, 3.8) is 0 Å². The van der Waals surface area contributed by atoms with E-state index in [1.165, 1.54) is 19.3 Å². The number of carbonyl (C=O) groups excluding carboxylic acids is 1. The molecule has 0 radical (unpaired) electrons. The SMILES string of the molecule is Cc1ccc(-c2cn(C(=O)N(C)C3CCCCC3)cn2)cc1N. The van der Waals surface area contributed by atoms with Gasteiger partial charge in [0.1, 0.15) is 6.33 Å². The second kappa shape index (κ2) is 6.44. The van der Waals surface area contributed by atoms with Gasteiger partial charge in [-0.2, -0.15) is 0 Å². The summed E-state index contributed by atoms with van der Waals surface area (Å²) in [7, 11) is 1.89. The first-order chi connectivity index (χ1) is 11.1. The molecular weight excluding hydrogens is 288 g/mol. The van der Waals surface area contributed by atoms with Crippen molar-refractivity contribution < 1.29 is 4.79 Å². The zero-order valence-electron chi connectivity index (χ0n) is 13.8. The van der Waals surface area contributed by atoms with Gasteiger partial charge in [-0.3, -0.25) is 4.57 Å². The maximum absolute atomic E-state index is 12.6. The fraction of sp³-hybridized carbons (Fsp3) is 0.444. The summed E-state index contributed by atoms with van der Waals surface area (Å²) in [5.74, 6) is 0. The van der Waals surface area contributed by atoms with Crippen LogP contribution in [0.5, 0.6) is 0 Å². The molecule has 1 aliphatic carbocycles. The molecule has 0 saturated heterocycles. The monoisotopic (exact) mass is 312 g/mol. The lowest BCUT2D eigenvalue weighted by molar-refractivity contribution is 0.175. The summed E-state index contributed by atoms with van der Waals surface area (Å²) in [6.07, 6.45) is 9.26. The third-order valence-corrected chi connectivity index (χ3v) is 4.80. The number of benzene rings is 1. The Morgan fingerprint density at radius 2 is 2.04 bits per heavy atom. The van der Waals surface area contributed by atoms with Crippen LogP contribution in [0.2, 0.25) is 0 Å². The molecule has 5 nitrogen and oxygen atoms in total. The van der Waals surface area contributed by atoms with E-state index in [4.69, 9.17) is 5.73 Å². The molecular formula is C18H24N4O. The summed E-state index contributed by atoms with van der Waals surface area (Å²) in [6.45, 7) is 1.97. The highest BCUT2D eigenvalue weighted by molar-refractivity contribution is 5.78. The van der Waals surface area contributed by atoms with Crippen LogP contribution in [0.25, 0.3) is 11.3 Å². The van der Waals surface area contributed by atoms with Crippen LogP contribution in [-0.2, 0) is 0 Å². The van der Waals surface area contributed by atoms with E-state index >= 15 is 0 Å². The number of nitrogens with two attached hydrogens (primary N) is 1. The molecule has 1 aliphatic rings. The largest absolute Gasteiger partial charge is 0.398 e. The summed E-state index contributed by atoms with van der Waals surface area (Å²) in [6, 6.07) is 6.18. The van der Waals surface area contributed by atoms with Gasteiger partial charge in [-0.05, 0) is 31.4 Å². The molecule has 2 N–H and O–H groups in total. The molecule has 1 heterocycles. The van der Waals surface area contributed by atoms with E-state index in [1.54, 1.807) is 17.1 Å². The molecule has 1 fully saturated rings. The van der Waals surface area contributed by atoms with Crippen LogP contribution in [0.4, 0.5) is 10.5 Å². The number of hydrogen-bond acceptors (Lipinski definition) is 3. The summed E-state index contributed by atoms with van der Waals surface area (Å²) in [4.78, 5) is 18.9. The van der Waals surface area contributed by atoms with Crippen LogP contribution in [0.1, 0.15) is 37.7 Å². The molecule has 0 aliphatic heterocycles. The van der Waals surface area contributed by atoms with Crippen molar-refractivity contribution in [3.05, 3.63) is 36.3 Å². The number of nitrogen functional groups attached to an aromatic ring is 1. The molecule has 2 aromatic rings. The van der Waals surface area contributed by atoms with Gasteiger partial charge in [0.15, 0.2) is 0 Å². The van der Waals surface area contributed by atoms with Gasteiger partial charge in [0.2, 0.25) is 0 Å². The van der Waals surface area contributed by atoms with Crippen molar-refractivity contribution >= 4 is 11.7 Å². The van der Waals surface area contributed by atoms with Crippen molar-refractivity contribution in [2.24, 2.45) is 0 Å². The Bertz CT molecular complexity index is 701. The van der Waals surface area contributed by atoms with Gasteiger partial charge in [-0.1, -0.05) is 31.4 Å². The van der Waals surface area contributed by atoms with Crippen molar-refractivity contribution in [1.29, 1.82) is 0 Å². The molecule has 0 bridgehead atoms. The molecule has 5 heteroatoms. The quantitative estimate of drug-likeness (QED) is 0.860. The van der Waals surface area contributed by atoms with Crippen LogP contribution >= 0.6 is 0 Å². The first kappa shape index (κ1) is 15.6. The van der Waals surface area contributed by atoms with E-state index in [9.17, 15) is 4.79 Å². The number of anilines is 1. The second-order valence-corrected chi connectivity index (χ2v) is 6.42. The lowest BCUT2D eigenvalue weighted by Gasteiger charge is -2.31. The van der Waals surface area contributed by atoms with E-state index in [-0.39, 0.29) is 6.03 Å². The number of amides is 1. The highest BCUT2D eigenvalue weighted by Crippen LogP contribution is 2.24. The van der Waals surface area contributed by atoms with E-state index in [0.717, 1.165) is 35.3 Å². The smallest absolute Gasteiger partial charge is 0.329 e. The average molecular weight is 312 g/mol. The lowest BCUT2D eigenvalue weighted by Crippen LogP contribution is -2.40. The second-order valence-electron chi connectivity index (χ2n) is 6.42. The van der Waals surface area contributed by atoms with E-state index in [2.05, 4.69) is 4.98 Å². The highest BCUT2D eigenvalue weighted by atomic mass is 16.2. The molecule has 1 saturated carbocycles. The van der Waals surface area contributed by atoms with Crippen LogP contribution in [-0.4, -0.2) is 33.6 Å².